The van der Waals surface area contributed by atoms with Crippen LogP contribution in [-0.4, -0.2) is 62.3 Å². The molecule has 6 heteroatoms. The fraction of sp³-hybridized carbons (Fsp3) is 0.833. The average Bonchev–Trinajstić information content (AvgIpc) is 3.22. The van der Waals surface area contributed by atoms with Crippen molar-refractivity contribution in [2.75, 3.05) is 39.5 Å². The molecule has 0 spiro atoms. The molecule has 3 atom stereocenters. The van der Waals surface area contributed by atoms with E-state index in [1.807, 2.05) is 18.7 Å². The minimum absolute atomic E-state index is 0.00802. The van der Waals surface area contributed by atoms with Gasteiger partial charge in [-0.05, 0) is 33.1 Å². The third-order valence-corrected chi connectivity index (χ3v) is 5.53. The summed E-state index contributed by atoms with van der Waals surface area (Å²) in [7, 11) is 0. The van der Waals surface area contributed by atoms with Crippen LogP contribution >= 0.6 is 0 Å². The summed E-state index contributed by atoms with van der Waals surface area (Å²) in [6.07, 6.45) is 3.06. The predicted octanol–water partition coefficient (Wildman–Crippen LogP) is 2.15. The number of nitrogens with one attached hydrogen (secondary N) is 1. The van der Waals surface area contributed by atoms with Gasteiger partial charge < -0.3 is 24.4 Å². The molecule has 3 fully saturated rings. The molecule has 136 valence electrons. The van der Waals surface area contributed by atoms with Crippen molar-refractivity contribution in [1.82, 2.24) is 10.2 Å². The average molecular weight is 338 g/mol. The van der Waals surface area contributed by atoms with Crippen LogP contribution in [0.2, 0.25) is 0 Å². The van der Waals surface area contributed by atoms with Crippen LogP contribution in [0, 0.1) is 11.8 Å². The number of nitrogens with zero attached hydrogens (tertiary/aromatic N) is 1. The van der Waals surface area contributed by atoms with E-state index >= 15 is 0 Å². The molecule has 1 N–H and O–H groups in total. The van der Waals surface area contributed by atoms with Crippen molar-refractivity contribution < 1.29 is 19.0 Å². The Labute approximate surface area is 144 Å². The Kier molecular flexibility index (Phi) is 5.47. The number of carbonyl (C=O) groups excluding carboxylic acids is 1. The quantitative estimate of drug-likeness (QED) is 0.798. The smallest absolute Gasteiger partial charge is 0.317 e. The van der Waals surface area contributed by atoms with Gasteiger partial charge in [0.1, 0.15) is 0 Å². The molecule has 0 saturated carbocycles. The molecule has 3 heterocycles. The maximum Gasteiger partial charge on any atom is 0.317 e. The fourth-order valence-corrected chi connectivity index (χ4v) is 4.07. The Morgan fingerprint density at radius 1 is 1.29 bits per heavy atom. The Morgan fingerprint density at radius 2 is 2.04 bits per heavy atom. The number of urea groups is 1. The Balaban J connectivity index is 1.50. The van der Waals surface area contributed by atoms with Gasteiger partial charge in [-0.25, -0.2) is 4.79 Å². The topological polar surface area (TPSA) is 60.0 Å². The molecule has 0 aliphatic carbocycles. The van der Waals surface area contributed by atoms with Gasteiger partial charge in [0.2, 0.25) is 0 Å². The van der Waals surface area contributed by atoms with Gasteiger partial charge in [0.15, 0.2) is 5.79 Å². The summed E-state index contributed by atoms with van der Waals surface area (Å²) in [5, 5.41) is 3.09. The van der Waals surface area contributed by atoms with Gasteiger partial charge in [0.05, 0.1) is 19.3 Å². The van der Waals surface area contributed by atoms with Gasteiger partial charge >= 0.3 is 6.03 Å². The first-order valence-corrected chi connectivity index (χ1v) is 9.07. The van der Waals surface area contributed by atoms with E-state index in [-0.39, 0.29) is 18.1 Å². The van der Waals surface area contributed by atoms with E-state index in [9.17, 15) is 4.79 Å². The summed E-state index contributed by atoms with van der Waals surface area (Å²) in [6, 6.07) is 0.00802. The van der Waals surface area contributed by atoms with E-state index in [0.717, 1.165) is 38.0 Å². The fourth-order valence-electron chi connectivity index (χ4n) is 4.07. The number of hydrogen-bond donors (Lipinski definition) is 1. The van der Waals surface area contributed by atoms with Crippen molar-refractivity contribution in [1.29, 1.82) is 0 Å². The first-order chi connectivity index (χ1) is 11.5. The van der Waals surface area contributed by atoms with Gasteiger partial charge in [0.25, 0.3) is 0 Å². The van der Waals surface area contributed by atoms with Crippen LogP contribution in [0.1, 0.15) is 33.1 Å². The number of likely N-dealkylation sites (tertiary alicyclic amines) is 1. The zero-order valence-corrected chi connectivity index (χ0v) is 14.9. The molecular formula is C18H30N2O4. The molecule has 3 saturated heterocycles. The third-order valence-electron chi connectivity index (χ3n) is 5.53. The van der Waals surface area contributed by atoms with E-state index in [1.165, 1.54) is 0 Å². The van der Waals surface area contributed by atoms with Crippen molar-refractivity contribution in [3.05, 3.63) is 12.2 Å². The summed E-state index contributed by atoms with van der Waals surface area (Å²) < 4.78 is 17.3. The highest BCUT2D eigenvalue weighted by molar-refractivity contribution is 5.74. The van der Waals surface area contributed by atoms with Crippen LogP contribution in [-0.2, 0) is 14.2 Å². The van der Waals surface area contributed by atoms with Crippen molar-refractivity contribution in [3.63, 3.8) is 0 Å². The summed E-state index contributed by atoms with van der Waals surface area (Å²) in [6.45, 7) is 12.1. The number of carbonyl (C=O) groups is 1. The number of rotatable bonds is 4. The number of piperidine rings is 1. The number of amides is 2. The molecule has 0 unspecified atom stereocenters. The number of ether oxygens (including phenoxy) is 3. The van der Waals surface area contributed by atoms with Crippen LogP contribution < -0.4 is 5.32 Å². The molecule has 0 aromatic carbocycles. The molecule has 0 aromatic heterocycles. The van der Waals surface area contributed by atoms with E-state index in [1.54, 1.807) is 0 Å². The monoisotopic (exact) mass is 338 g/mol. The molecule has 3 rings (SSSR count). The summed E-state index contributed by atoms with van der Waals surface area (Å²) in [5.74, 6) is 0.0204. The second-order valence-corrected chi connectivity index (χ2v) is 7.37. The molecule has 2 amide bonds. The van der Waals surface area contributed by atoms with Gasteiger partial charge in [-0.1, -0.05) is 12.2 Å². The standard InChI is InChI=1S/C18H30N2O4/c1-13(2)16-14(6-8-22-16)11-19-17(21)20-7-4-5-15(12-20)18(3)23-9-10-24-18/h14-16H,1,4-12H2,2-3H3,(H,19,21)/t14-,15-,16+/m1/s1. The van der Waals surface area contributed by atoms with Gasteiger partial charge in [-0.15, -0.1) is 0 Å². The largest absolute Gasteiger partial charge is 0.374 e. The molecule has 0 radical (unpaired) electrons. The molecule has 24 heavy (non-hydrogen) atoms. The second-order valence-electron chi connectivity index (χ2n) is 7.37. The zero-order valence-electron chi connectivity index (χ0n) is 14.9. The van der Waals surface area contributed by atoms with E-state index < -0.39 is 5.79 Å². The predicted molar refractivity (Wildman–Crippen MR) is 90.7 cm³/mol. The first-order valence-electron chi connectivity index (χ1n) is 9.07. The summed E-state index contributed by atoms with van der Waals surface area (Å²) in [4.78, 5) is 14.5. The van der Waals surface area contributed by atoms with Crippen LogP contribution in [0.5, 0.6) is 0 Å². The molecule has 0 aromatic rings. The van der Waals surface area contributed by atoms with Gasteiger partial charge in [0, 0.05) is 38.1 Å². The molecule has 3 aliphatic heterocycles. The van der Waals surface area contributed by atoms with E-state index in [2.05, 4.69) is 11.9 Å². The van der Waals surface area contributed by atoms with Crippen molar-refractivity contribution >= 4 is 6.03 Å². The lowest BCUT2D eigenvalue weighted by atomic mass is 9.90. The number of hydrogen-bond acceptors (Lipinski definition) is 4. The maximum absolute atomic E-state index is 12.6. The second kappa shape index (κ2) is 7.42. The highest BCUT2D eigenvalue weighted by Gasteiger charge is 2.42. The molecule has 6 nitrogen and oxygen atoms in total. The van der Waals surface area contributed by atoms with Crippen LogP contribution in [0.25, 0.3) is 0 Å². The molecular weight excluding hydrogens is 308 g/mol. The summed E-state index contributed by atoms with van der Waals surface area (Å²) in [5.41, 5.74) is 1.04. The lowest BCUT2D eigenvalue weighted by Gasteiger charge is -2.40. The maximum atomic E-state index is 12.6. The van der Waals surface area contributed by atoms with Crippen molar-refractivity contribution in [2.24, 2.45) is 11.8 Å². The lowest BCUT2D eigenvalue weighted by Crippen LogP contribution is -2.52. The highest BCUT2D eigenvalue weighted by Crippen LogP contribution is 2.34. The van der Waals surface area contributed by atoms with Gasteiger partial charge in [-0.2, -0.15) is 0 Å². The molecule has 3 aliphatic rings. The van der Waals surface area contributed by atoms with Crippen LogP contribution in [0.3, 0.4) is 0 Å². The Hall–Kier alpha value is -1.11. The molecule has 0 bridgehead atoms. The SMILES string of the molecule is C=C(C)[C@@H]1OCC[C@@H]1CNC(=O)N1CCC[C@@H](C2(C)OCCO2)C1. The van der Waals surface area contributed by atoms with E-state index in [0.29, 0.717) is 32.2 Å². The normalized spacial score (nSPS) is 32.8. The highest BCUT2D eigenvalue weighted by atomic mass is 16.7. The van der Waals surface area contributed by atoms with Crippen molar-refractivity contribution in [2.45, 2.75) is 45.0 Å². The van der Waals surface area contributed by atoms with E-state index in [4.69, 9.17) is 14.2 Å². The zero-order chi connectivity index (χ0) is 17.2. The third kappa shape index (κ3) is 3.76. The van der Waals surface area contributed by atoms with Crippen LogP contribution in [0.4, 0.5) is 4.79 Å². The van der Waals surface area contributed by atoms with Gasteiger partial charge in [-0.3, -0.25) is 0 Å². The minimum Gasteiger partial charge on any atom is -0.374 e. The Morgan fingerprint density at radius 3 is 2.75 bits per heavy atom. The minimum atomic E-state index is -0.538. The van der Waals surface area contributed by atoms with Crippen molar-refractivity contribution in [3.8, 4) is 0 Å². The first kappa shape index (κ1) is 17.7. The summed E-state index contributed by atoms with van der Waals surface area (Å²) >= 11 is 0. The Bertz CT molecular complexity index is 476. The van der Waals surface area contributed by atoms with Crippen LogP contribution in [0.15, 0.2) is 12.2 Å². The lowest BCUT2D eigenvalue weighted by molar-refractivity contribution is -0.189.